The lowest BCUT2D eigenvalue weighted by atomic mass is 10.2. The minimum absolute atomic E-state index is 0.115. The fourth-order valence-electron chi connectivity index (χ4n) is 2.83. The number of thioether (sulfide) groups is 1. The predicted octanol–water partition coefficient (Wildman–Crippen LogP) is 4.75. The third-order valence-electron chi connectivity index (χ3n) is 4.37. The average Bonchev–Trinajstić information content (AvgIpc) is 2.84. The van der Waals surface area contributed by atoms with Crippen LogP contribution in [0.3, 0.4) is 0 Å². The van der Waals surface area contributed by atoms with E-state index in [9.17, 15) is 27.6 Å². The minimum atomic E-state index is -4.92. The Morgan fingerprint density at radius 1 is 1.11 bits per heavy atom. The van der Waals surface area contributed by atoms with Crippen molar-refractivity contribution in [2.24, 2.45) is 0 Å². The molecule has 0 spiro atoms. The normalized spacial score (nSPS) is 11.8. The lowest BCUT2D eigenvalue weighted by Crippen LogP contribution is -2.31. The fourth-order valence-corrected chi connectivity index (χ4v) is 4.16. The molecule has 9 nitrogen and oxygen atoms in total. The van der Waals surface area contributed by atoms with Gasteiger partial charge in [0, 0.05) is 31.2 Å². The molecule has 2 aromatic heterocycles. The first-order chi connectivity index (χ1) is 17.5. The van der Waals surface area contributed by atoms with Crippen LogP contribution in [-0.2, 0) is 14.3 Å². The number of aromatic nitrogens is 2. The zero-order valence-electron chi connectivity index (χ0n) is 18.9. The highest BCUT2D eigenvalue weighted by Gasteiger charge is 2.32. The number of carbonyl (C=O) groups is 3. The van der Waals surface area contributed by atoms with Crippen LogP contribution in [0.1, 0.15) is 28.2 Å². The van der Waals surface area contributed by atoms with Crippen LogP contribution in [0.15, 0.2) is 66.1 Å². The summed E-state index contributed by atoms with van der Waals surface area (Å²) >= 11 is 6.90. The molecule has 37 heavy (non-hydrogen) atoms. The number of amides is 2. The fraction of sp³-hybridized carbons (Fsp3) is 0.174. The van der Waals surface area contributed by atoms with Gasteiger partial charge in [-0.3, -0.25) is 19.4 Å². The molecular weight excluding hydrogens is 537 g/mol. The number of hydrogen-bond acceptors (Lipinski definition) is 8. The summed E-state index contributed by atoms with van der Waals surface area (Å²) in [5.74, 6) is -2.45. The van der Waals surface area contributed by atoms with Crippen molar-refractivity contribution in [3.05, 3.63) is 77.2 Å². The number of alkyl halides is 3. The van der Waals surface area contributed by atoms with Crippen molar-refractivity contribution < 1.29 is 37.0 Å². The van der Waals surface area contributed by atoms with E-state index in [1.165, 1.54) is 43.7 Å². The van der Waals surface area contributed by atoms with Crippen LogP contribution in [-0.4, -0.2) is 40.7 Å². The molecule has 1 aromatic carbocycles. The first-order valence-electron chi connectivity index (χ1n) is 10.3. The van der Waals surface area contributed by atoms with Gasteiger partial charge in [-0.1, -0.05) is 23.4 Å². The van der Waals surface area contributed by atoms with E-state index in [0.29, 0.717) is 5.56 Å². The van der Waals surface area contributed by atoms with Crippen molar-refractivity contribution in [2.75, 3.05) is 11.9 Å². The number of benzene rings is 1. The van der Waals surface area contributed by atoms with E-state index in [0.717, 1.165) is 23.9 Å². The summed E-state index contributed by atoms with van der Waals surface area (Å²) < 4.78 is 46.0. The first-order valence-corrected chi connectivity index (χ1v) is 11.6. The highest BCUT2D eigenvalue weighted by Crippen LogP contribution is 2.35. The van der Waals surface area contributed by atoms with E-state index >= 15 is 0 Å². The van der Waals surface area contributed by atoms with Gasteiger partial charge >= 0.3 is 12.3 Å². The number of halogens is 4. The number of nitrogens with one attached hydrogen (secondary N) is 2. The molecule has 0 fully saturated rings. The van der Waals surface area contributed by atoms with Gasteiger partial charge in [-0.25, -0.2) is 4.98 Å². The second-order valence-corrected chi connectivity index (χ2v) is 8.63. The standard InChI is InChI=1S/C23H18ClF3N4O5S/c1-13(32)35-12-19(33)31-21(14-6-9-28-10-7-14)37-22-16(3-2-8-29-22)20(34)30-15-4-5-18(17(24)11-15)36-23(25,26)27/h2-11,21H,12H2,1H3,(H,30,34)(H,31,33). The van der Waals surface area contributed by atoms with Crippen LogP contribution >= 0.6 is 23.4 Å². The molecule has 0 aliphatic rings. The maximum absolute atomic E-state index is 13.0. The van der Waals surface area contributed by atoms with Crippen LogP contribution in [0.2, 0.25) is 5.02 Å². The number of anilines is 1. The number of esters is 1. The van der Waals surface area contributed by atoms with Gasteiger partial charge in [0.2, 0.25) is 0 Å². The van der Waals surface area contributed by atoms with Gasteiger partial charge in [0.05, 0.1) is 10.6 Å². The average molecular weight is 555 g/mol. The lowest BCUT2D eigenvalue weighted by Gasteiger charge is -2.19. The third-order valence-corrected chi connectivity index (χ3v) is 5.84. The number of hydrogen-bond donors (Lipinski definition) is 2. The largest absolute Gasteiger partial charge is 0.573 e. The number of pyridine rings is 2. The van der Waals surface area contributed by atoms with E-state index in [4.69, 9.17) is 16.3 Å². The monoisotopic (exact) mass is 554 g/mol. The summed E-state index contributed by atoms with van der Waals surface area (Å²) in [6.07, 6.45) is -0.440. The second kappa shape index (κ2) is 12.4. The number of carbonyl (C=O) groups excluding carboxylic acids is 3. The SMILES string of the molecule is CC(=O)OCC(=O)NC(Sc1ncccc1C(=O)Nc1ccc(OC(F)(F)F)c(Cl)c1)c1ccncc1. The lowest BCUT2D eigenvalue weighted by molar-refractivity contribution is -0.274. The summed E-state index contributed by atoms with van der Waals surface area (Å²) in [5.41, 5.74) is 0.859. The molecule has 0 radical (unpaired) electrons. The van der Waals surface area contributed by atoms with Gasteiger partial charge in [0.25, 0.3) is 11.8 Å². The Bertz CT molecular complexity index is 1280. The highest BCUT2D eigenvalue weighted by atomic mass is 35.5. The zero-order valence-corrected chi connectivity index (χ0v) is 20.5. The van der Waals surface area contributed by atoms with Gasteiger partial charge < -0.3 is 20.1 Å². The molecule has 0 aliphatic heterocycles. The molecule has 2 amide bonds. The van der Waals surface area contributed by atoms with Crippen molar-refractivity contribution in [1.82, 2.24) is 15.3 Å². The number of ether oxygens (including phenoxy) is 2. The van der Waals surface area contributed by atoms with Crippen LogP contribution < -0.4 is 15.4 Å². The van der Waals surface area contributed by atoms with E-state index in [1.54, 1.807) is 12.1 Å². The van der Waals surface area contributed by atoms with Crippen molar-refractivity contribution in [3.8, 4) is 5.75 Å². The molecule has 1 atom stereocenters. The van der Waals surface area contributed by atoms with E-state index in [-0.39, 0.29) is 21.3 Å². The third kappa shape index (κ3) is 8.65. The van der Waals surface area contributed by atoms with E-state index in [1.807, 2.05) is 0 Å². The smallest absolute Gasteiger partial charge is 0.456 e. The zero-order chi connectivity index (χ0) is 27.0. The highest BCUT2D eigenvalue weighted by molar-refractivity contribution is 7.99. The van der Waals surface area contributed by atoms with Crippen molar-refractivity contribution in [3.63, 3.8) is 0 Å². The molecule has 14 heteroatoms. The maximum atomic E-state index is 13.0. The Morgan fingerprint density at radius 3 is 2.49 bits per heavy atom. The Hall–Kier alpha value is -3.84. The van der Waals surface area contributed by atoms with Crippen LogP contribution in [0.25, 0.3) is 0 Å². The number of rotatable bonds is 9. The number of nitrogens with zero attached hydrogens (tertiary/aromatic N) is 2. The molecule has 3 aromatic rings. The maximum Gasteiger partial charge on any atom is 0.573 e. The van der Waals surface area contributed by atoms with Crippen LogP contribution in [0.5, 0.6) is 5.75 Å². The van der Waals surface area contributed by atoms with Crippen LogP contribution in [0.4, 0.5) is 18.9 Å². The first kappa shape index (κ1) is 27.7. The molecule has 0 bridgehead atoms. The molecule has 0 saturated heterocycles. The predicted molar refractivity (Wildman–Crippen MR) is 128 cm³/mol. The minimum Gasteiger partial charge on any atom is -0.456 e. The Balaban J connectivity index is 1.80. The van der Waals surface area contributed by atoms with Gasteiger partial charge in [0.15, 0.2) is 6.61 Å². The van der Waals surface area contributed by atoms with Crippen molar-refractivity contribution in [1.29, 1.82) is 0 Å². The molecule has 0 aliphatic carbocycles. The van der Waals surface area contributed by atoms with E-state index in [2.05, 4.69) is 25.3 Å². The van der Waals surface area contributed by atoms with Crippen LogP contribution in [0, 0.1) is 0 Å². The molecule has 3 rings (SSSR count). The summed E-state index contributed by atoms with van der Waals surface area (Å²) in [4.78, 5) is 44.5. The summed E-state index contributed by atoms with van der Waals surface area (Å²) in [5, 5.41) is 4.40. The second-order valence-electron chi connectivity index (χ2n) is 7.13. The summed E-state index contributed by atoms with van der Waals surface area (Å²) in [6, 6.07) is 9.59. The summed E-state index contributed by atoms with van der Waals surface area (Å²) in [6.45, 7) is 0.674. The van der Waals surface area contributed by atoms with E-state index < -0.39 is 41.9 Å². The molecule has 1 unspecified atom stereocenters. The molecule has 2 N–H and O–H groups in total. The molecule has 0 saturated carbocycles. The van der Waals surface area contributed by atoms with Crippen molar-refractivity contribution in [2.45, 2.75) is 23.7 Å². The van der Waals surface area contributed by atoms with Gasteiger partial charge in [0.1, 0.15) is 16.1 Å². The van der Waals surface area contributed by atoms with Gasteiger partial charge in [-0.15, -0.1) is 13.2 Å². The molecular formula is C23H18ClF3N4O5S. The van der Waals surface area contributed by atoms with Crippen molar-refractivity contribution >= 4 is 46.8 Å². The quantitative estimate of drug-likeness (QED) is 0.221. The Labute approximate surface area is 217 Å². The molecule has 194 valence electrons. The topological polar surface area (TPSA) is 120 Å². The molecule has 2 heterocycles. The van der Waals surface area contributed by atoms with Gasteiger partial charge in [-0.2, -0.15) is 0 Å². The Kier molecular flexibility index (Phi) is 9.31. The van der Waals surface area contributed by atoms with Gasteiger partial charge in [-0.05, 0) is 48.0 Å². The summed E-state index contributed by atoms with van der Waals surface area (Å²) in [7, 11) is 0. The Morgan fingerprint density at radius 2 is 1.84 bits per heavy atom.